The van der Waals surface area contributed by atoms with E-state index in [0.717, 1.165) is 25.9 Å². The Morgan fingerprint density at radius 2 is 2.00 bits per heavy atom. The van der Waals surface area contributed by atoms with Crippen LogP contribution in [0.3, 0.4) is 0 Å². The Labute approximate surface area is 111 Å². The highest BCUT2D eigenvalue weighted by atomic mass is 16.1. The summed E-state index contributed by atoms with van der Waals surface area (Å²) >= 11 is 0. The number of hydrogen-bond acceptors (Lipinski definition) is 2. The average Bonchev–Trinajstić information content (AvgIpc) is 2.38. The van der Waals surface area contributed by atoms with Crippen molar-refractivity contribution >= 4 is 5.91 Å². The van der Waals surface area contributed by atoms with Crippen LogP contribution in [-0.4, -0.2) is 25.0 Å². The van der Waals surface area contributed by atoms with Gasteiger partial charge in [0.25, 0.3) is 0 Å². The SMILES string of the molecule is CC1NCCCC1C(=O)NCC1(C)CCCCC1. The molecule has 2 rings (SSSR count). The second-order valence-corrected chi connectivity index (χ2v) is 6.58. The third kappa shape index (κ3) is 3.47. The molecular formula is C15H28N2O. The highest BCUT2D eigenvalue weighted by Crippen LogP contribution is 2.35. The fourth-order valence-electron chi connectivity index (χ4n) is 3.42. The van der Waals surface area contributed by atoms with E-state index in [1.54, 1.807) is 0 Å². The molecule has 2 fully saturated rings. The van der Waals surface area contributed by atoms with Gasteiger partial charge in [-0.15, -0.1) is 0 Å². The van der Waals surface area contributed by atoms with Gasteiger partial charge in [0.05, 0.1) is 5.92 Å². The first-order chi connectivity index (χ1) is 8.61. The van der Waals surface area contributed by atoms with Crippen LogP contribution in [-0.2, 0) is 4.79 Å². The molecule has 1 saturated heterocycles. The van der Waals surface area contributed by atoms with E-state index >= 15 is 0 Å². The minimum Gasteiger partial charge on any atom is -0.355 e. The minimum atomic E-state index is 0.172. The van der Waals surface area contributed by atoms with Crippen molar-refractivity contribution in [2.24, 2.45) is 11.3 Å². The predicted octanol–water partition coefficient (Wildman–Crippen LogP) is 2.46. The Kier molecular flexibility index (Phi) is 4.66. The van der Waals surface area contributed by atoms with Crippen molar-refractivity contribution < 1.29 is 4.79 Å². The topological polar surface area (TPSA) is 41.1 Å². The van der Waals surface area contributed by atoms with E-state index in [9.17, 15) is 4.79 Å². The fourth-order valence-corrected chi connectivity index (χ4v) is 3.42. The Balaban J connectivity index is 1.80. The van der Waals surface area contributed by atoms with Crippen LogP contribution in [0.15, 0.2) is 0 Å². The van der Waals surface area contributed by atoms with Crippen molar-refractivity contribution in [3.8, 4) is 0 Å². The molecule has 2 unspecified atom stereocenters. The maximum atomic E-state index is 12.2. The lowest BCUT2D eigenvalue weighted by molar-refractivity contribution is -0.127. The largest absolute Gasteiger partial charge is 0.355 e. The summed E-state index contributed by atoms with van der Waals surface area (Å²) in [7, 11) is 0. The Hall–Kier alpha value is -0.570. The van der Waals surface area contributed by atoms with Crippen molar-refractivity contribution in [1.82, 2.24) is 10.6 Å². The number of nitrogens with one attached hydrogen (secondary N) is 2. The number of carbonyl (C=O) groups is 1. The molecule has 0 aromatic rings. The summed E-state index contributed by atoms with van der Waals surface area (Å²) in [4.78, 5) is 12.2. The summed E-state index contributed by atoms with van der Waals surface area (Å²) in [6, 6.07) is 0.331. The maximum Gasteiger partial charge on any atom is 0.224 e. The van der Waals surface area contributed by atoms with E-state index in [2.05, 4.69) is 24.5 Å². The lowest BCUT2D eigenvalue weighted by atomic mass is 9.75. The van der Waals surface area contributed by atoms with Crippen LogP contribution >= 0.6 is 0 Å². The molecule has 2 N–H and O–H groups in total. The zero-order chi connectivity index (χ0) is 13.0. The molecule has 1 amide bonds. The molecule has 0 bridgehead atoms. The molecule has 104 valence electrons. The summed E-state index contributed by atoms with van der Waals surface area (Å²) in [6.07, 6.45) is 8.72. The molecule has 3 heteroatoms. The van der Waals surface area contributed by atoms with Gasteiger partial charge in [-0.3, -0.25) is 4.79 Å². The average molecular weight is 252 g/mol. The fraction of sp³-hybridized carbons (Fsp3) is 0.933. The van der Waals surface area contributed by atoms with Crippen molar-refractivity contribution in [2.45, 2.75) is 64.8 Å². The van der Waals surface area contributed by atoms with Gasteiger partial charge in [-0.2, -0.15) is 0 Å². The van der Waals surface area contributed by atoms with E-state index in [0.29, 0.717) is 11.5 Å². The summed E-state index contributed by atoms with van der Waals surface area (Å²) in [6.45, 7) is 6.39. The van der Waals surface area contributed by atoms with Crippen molar-refractivity contribution in [3.63, 3.8) is 0 Å². The number of hydrogen-bond donors (Lipinski definition) is 2. The van der Waals surface area contributed by atoms with Crippen LogP contribution < -0.4 is 10.6 Å². The Morgan fingerprint density at radius 1 is 1.28 bits per heavy atom. The first kappa shape index (κ1) is 13.9. The highest BCUT2D eigenvalue weighted by molar-refractivity contribution is 5.79. The predicted molar refractivity (Wildman–Crippen MR) is 74.4 cm³/mol. The van der Waals surface area contributed by atoms with Gasteiger partial charge in [-0.1, -0.05) is 26.2 Å². The molecule has 1 aliphatic heterocycles. The zero-order valence-corrected chi connectivity index (χ0v) is 11.9. The van der Waals surface area contributed by atoms with Gasteiger partial charge < -0.3 is 10.6 Å². The van der Waals surface area contributed by atoms with Crippen molar-refractivity contribution in [1.29, 1.82) is 0 Å². The molecule has 0 radical (unpaired) electrons. The molecule has 3 nitrogen and oxygen atoms in total. The van der Waals surface area contributed by atoms with E-state index in [1.165, 1.54) is 32.1 Å². The first-order valence-electron chi connectivity index (χ1n) is 7.62. The summed E-state index contributed by atoms with van der Waals surface area (Å²) < 4.78 is 0. The number of carbonyl (C=O) groups excluding carboxylic acids is 1. The van der Waals surface area contributed by atoms with Crippen LogP contribution in [0.25, 0.3) is 0 Å². The molecule has 0 aromatic heterocycles. The van der Waals surface area contributed by atoms with E-state index in [-0.39, 0.29) is 11.8 Å². The normalized spacial score (nSPS) is 31.9. The molecule has 0 spiro atoms. The molecule has 1 aliphatic carbocycles. The van der Waals surface area contributed by atoms with E-state index in [4.69, 9.17) is 0 Å². The molecule has 2 aliphatic rings. The maximum absolute atomic E-state index is 12.2. The van der Waals surface area contributed by atoms with Crippen LogP contribution in [0.1, 0.15) is 58.8 Å². The molecule has 1 heterocycles. The van der Waals surface area contributed by atoms with Gasteiger partial charge in [0.1, 0.15) is 0 Å². The van der Waals surface area contributed by atoms with E-state index in [1.807, 2.05) is 0 Å². The minimum absolute atomic E-state index is 0.172. The molecule has 18 heavy (non-hydrogen) atoms. The van der Waals surface area contributed by atoms with Gasteiger partial charge in [-0.25, -0.2) is 0 Å². The zero-order valence-electron chi connectivity index (χ0n) is 11.9. The van der Waals surface area contributed by atoms with Crippen LogP contribution in [0.2, 0.25) is 0 Å². The van der Waals surface area contributed by atoms with Gasteiger partial charge >= 0.3 is 0 Å². The van der Waals surface area contributed by atoms with Crippen molar-refractivity contribution in [2.75, 3.05) is 13.1 Å². The summed E-state index contributed by atoms with van der Waals surface area (Å²) in [5.74, 6) is 0.437. The molecule has 2 atom stereocenters. The van der Waals surface area contributed by atoms with Gasteiger partial charge in [-0.05, 0) is 44.6 Å². The van der Waals surface area contributed by atoms with Crippen LogP contribution in [0.5, 0.6) is 0 Å². The monoisotopic (exact) mass is 252 g/mol. The van der Waals surface area contributed by atoms with Gasteiger partial charge in [0, 0.05) is 12.6 Å². The number of rotatable bonds is 3. The molecule has 1 saturated carbocycles. The summed E-state index contributed by atoms with van der Waals surface area (Å²) in [5.41, 5.74) is 0.346. The third-order valence-electron chi connectivity index (χ3n) is 4.85. The third-order valence-corrected chi connectivity index (χ3v) is 4.85. The van der Waals surface area contributed by atoms with Gasteiger partial charge in [0.15, 0.2) is 0 Å². The van der Waals surface area contributed by atoms with Crippen LogP contribution in [0.4, 0.5) is 0 Å². The number of piperidine rings is 1. The van der Waals surface area contributed by atoms with Crippen molar-refractivity contribution in [3.05, 3.63) is 0 Å². The lowest BCUT2D eigenvalue weighted by Gasteiger charge is -2.35. The smallest absolute Gasteiger partial charge is 0.224 e. The Bertz CT molecular complexity index is 284. The lowest BCUT2D eigenvalue weighted by Crippen LogP contribution is -2.48. The molecular weight excluding hydrogens is 224 g/mol. The standard InChI is InChI=1S/C15H28N2O/c1-12-13(7-6-10-16-12)14(18)17-11-15(2)8-4-3-5-9-15/h12-13,16H,3-11H2,1-2H3,(H,17,18). The Morgan fingerprint density at radius 3 is 2.67 bits per heavy atom. The second-order valence-electron chi connectivity index (χ2n) is 6.58. The van der Waals surface area contributed by atoms with E-state index < -0.39 is 0 Å². The van der Waals surface area contributed by atoms with Crippen LogP contribution in [0, 0.1) is 11.3 Å². The van der Waals surface area contributed by atoms with Gasteiger partial charge in [0.2, 0.25) is 5.91 Å². The highest BCUT2D eigenvalue weighted by Gasteiger charge is 2.31. The second kappa shape index (κ2) is 6.05. The quantitative estimate of drug-likeness (QED) is 0.810. The molecule has 0 aromatic carbocycles. The summed E-state index contributed by atoms with van der Waals surface area (Å²) in [5, 5.41) is 6.61. The number of amides is 1. The first-order valence-corrected chi connectivity index (χ1v) is 7.62.